The molecule has 0 unspecified atom stereocenters. The first-order chi connectivity index (χ1) is 11.1. The molecule has 6 nitrogen and oxygen atoms in total. The van der Waals surface area contributed by atoms with E-state index in [1.165, 1.54) is 29.2 Å². The van der Waals surface area contributed by atoms with E-state index in [9.17, 15) is 14.3 Å². The Labute approximate surface area is 131 Å². The van der Waals surface area contributed by atoms with Gasteiger partial charge in [-0.15, -0.1) is 0 Å². The summed E-state index contributed by atoms with van der Waals surface area (Å²) >= 11 is 0. The summed E-state index contributed by atoms with van der Waals surface area (Å²) in [5.41, 5.74) is 0.992. The summed E-state index contributed by atoms with van der Waals surface area (Å²) in [6, 6.07) is 9.12. The third kappa shape index (κ3) is 2.76. The van der Waals surface area contributed by atoms with Crippen LogP contribution in [0.5, 0.6) is 5.75 Å². The van der Waals surface area contributed by atoms with E-state index < -0.39 is 11.7 Å². The van der Waals surface area contributed by atoms with Crippen LogP contribution < -0.4 is 5.32 Å². The minimum absolute atomic E-state index is 0.0514. The van der Waals surface area contributed by atoms with Crippen LogP contribution in [-0.4, -0.2) is 25.8 Å². The van der Waals surface area contributed by atoms with E-state index in [4.69, 9.17) is 0 Å². The van der Waals surface area contributed by atoms with Crippen molar-refractivity contribution in [3.63, 3.8) is 0 Å². The van der Waals surface area contributed by atoms with Gasteiger partial charge in [0, 0.05) is 6.20 Å². The molecule has 23 heavy (non-hydrogen) atoms. The molecule has 0 fully saturated rings. The van der Waals surface area contributed by atoms with Crippen molar-refractivity contribution in [3.05, 3.63) is 65.9 Å². The first-order valence-electron chi connectivity index (χ1n) is 6.83. The van der Waals surface area contributed by atoms with E-state index in [1.54, 1.807) is 31.2 Å². The number of amides is 1. The lowest BCUT2D eigenvalue weighted by Gasteiger charge is -2.07. The van der Waals surface area contributed by atoms with E-state index >= 15 is 0 Å². The first-order valence-corrected chi connectivity index (χ1v) is 6.83. The SMILES string of the molecule is Cc1c(C(=O)Nc2ncccc2O)cnn1-c1ccccc1F. The van der Waals surface area contributed by atoms with E-state index in [-0.39, 0.29) is 22.8 Å². The van der Waals surface area contributed by atoms with Gasteiger partial charge in [0.2, 0.25) is 0 Å². The highest BCUT2D eigenvalue weighted by molar-refractivity contribution is 6.05. The summed E-state index contributed by atoms with van der Waals surface area (Å²) < 4.78 is 15.2. The van der Waals surface area contributed by atoms with Crippen molar-refractivity contribution >= 4 is 11.7 Å². The number of pyridine rings is 1. The second-order valence-corrected chi connectivity index (χ2v) is 4.83. The number of carbonyl (C=O) groups excluding carboxylic acids is 1. The molecule has 0 saturated carbocycles. The predicted octanol–water partition coefficient (Wildman–Crippen LogP) is 2.67. The van der Waals surface area contributed by atoms with Crippen molar-refractivity contribution in [1.29, 1.82) is 0 Å². The number of hydrogen-bond donors (Lipinski definition) is 2. The Hall–Kier alpha value is -3.22. The Morgan fingerprint density at radius 2 is 2.04 bits per heavy atom. The third-order valence-electron chi connectivity index (χ3n) is 3.35. The molecule has 3 aromatic rings. The zero-order valence-electron chi connectivity index (χ0n) is 12.2. The number of anilines is 1. The van der Waals surface area contributed by atoms with Gasteiger partial charge in [-0.3, -0.25) is 4.79 Å². The third-order valence-corrected chi connectivity index (χ3v) is 3.35. The lowest BCUT2D eigenvalue weighted by atomic mass is 10.2. The minimum atomic E-state index is -0.487. The smallest absolute Gasteiger partial charge is 0.260 e. The van der Waals surface area contributed by atoms with Gasteiger partial charge in [-0.05, 0) is 31.2 Å². The molecule has 1 amide bonds. The zero-order valence-corrected chi connectivity index (χ0v) is 12.2. The Bertz CT molecular complexity index is 876. The van der Waals surface area contributed by atoms with Gasteiger partial charge in [-0.2, -0.15) is 5.10 Å². The molecule has 3 rings (SSSR count). The van der Waals surface area contributed by atoms with Gasteiger partial charge in [0.05, 0.1) is 17.5 Å². The summed E-state index contributed by atoms with van der Waals surface area (Å²) in [6.45, 7) is 1.66. The predicted molar refractivity (Wildman–Crippen MR) is 82.1 cm³/mol. The van der Waals surface area contributed by atoms with Gasteiger partial charge in [-0.1, -0.05) is 12.1 Å². The van der Waals surface area contributed by atoms with Gasteiger partial charge < -0.3 is 10.4 Å². The number of carbonyl (C=O) groups is 1. The highest BCUT2D eigenvalue weighted by Gasteiger charge is 2.18. The molecule has 0 aliphatic heterocycles. The lowest BCUT2D eigenvalue weighted by molar-refractivity contribution is 0.102. The van der Waals surface area contributed by atoms with Gasteiger partial charge >= 0.3 is 0 Å². The van der Waals surface area contributed by atoms with Crippen LogP contribution in [0, 0.1) is 12.7 Å². The molecule has 2 N–H and O–H groups in total. The van der Waals surface area contributed by atoms with E-state index in [1.807, 2.05) is 0 Å². The van der Waals surface area contributed by atoms with Gasteiger partial charge in [0.1, 0.15) is 11.5 Å². The normalized spacial score (nSPS) is 10.5. The number of aromatic nitrogens is 3. The van der Waals surface area contributed by atoms with Crippen LogP contribution in [0.15, 0.2) is 48.8 Å². The van der Waals surface area contributed by atoms with Crippen LogP contribution >= 0.6 is 0 Å². The van der Waals surface area contributed by atoms with Crippen LogP contribution in [-0.2, 0) is 0 Å². The Morgan fingerprint density at radius 3 is 2.78 bits per heavy atom. The molecule has 0 aliphatic carbocycles. The molecule has 2 heterocycles. The number of nitrogens with zero attached hydrogens (tertiary/aromatic N) is 3. The van der Waals surface area contributed by atoms with Crippen molar-refractivity contribution in [2.24, 2.45) is 0 Å². The molecule has 2 aromatic heterocycles. The molecule has 0 atom stereocenters. The number of halogens is 1. The largest absolute Gasteiger partial charge is 0.504 e. The van der Waals surface area contributed by atoms with E-state index in [0.29, 0.717) is 5.69 Å². The maximum Gasteiger partial charge on any atom is 0.260 e. The molecular weight excluding hydrogens is 299 g/mol. The minimum Gasteiger partial charge on any atom is -0.504 e. The van der Waals surface area contributed by atoms with Crippen molar-refractivity contribution in [2.75, 3.05) is 5.32 Å². The van der Waals surface area contributed by atoms with Crippen LogP contribution in [0.3, 0.4) is 0 Å². The fourth-order valence-electron chi connectivity index (χ4n) is 2.17. The number of rotatable bonds is 3. The Balaban J connectivity index is 1.92. The second kappa shape index (κ2) is 5.88. The van der Waals surface area contributed by atoms with Crippen molar-refractivity contribution in [1.82, 2.24) is 14.8 Å². The highest BCUT2D eigenvalue weighted by Crippen LogP contribution is 2.21. The highest BCUT2D eigenvalue weighted by atomic mass is 19.1. The Morgan fingerprint density at radius 1 is 1.26 bits per heavy atom. The molecule has 7 heteroatoms. The molecule has 0 radical (unpaired) electrons. The monoisotopic (exact) mass is 312 g/mol. The molecule has 116 valence electrons. The second-order valence-electron chi connectivity index (χ2n) is 4.83. The van der Waals surface area contributed by atoms with E-state index in [2.05, 4.69) is 15.4 Å². The van der Waals surface area contributed by atoms with E-state index in [0.717, 1.165) is 0 Å². The lowest BCUT2D eigenvalue weighted by Crippen LogP contribution is -2.14. The first kappa shape index (κ1) is 14.7. The fourth-order valence-corrected chi connectivity index (χ4v) is 2.17. The van der Waals surface area contributed by atoms with Crippen LogP contribution in [0.25, 0.3) is 5.69 Å². The number of nitrogens with one attached hydrogen (secondary N) is 1. The summed E-state index contributed by atoms with van der Waals surface area (Å²) in [4.78, 5) is 16.2. The van der Waals surface area contributed by atoms with Crippen molar-refractivity contribution < 1.29 is 14.3 Å². The summed E-state index contributed by atoms with van der Waals surface area (Å²) in [5.74, 6) is -1.01. The maximum absolute atomic E-state index is 13.9. The molecule has 0 aliphatic rings. The van der Waals surface area contributed by atoms with Crippen LogP contribution in [0.2, 0.25) is 0 Å². The fraction of sp³-hybridized carbons (Fsp3) is 0.0625. The van der Waals surface area contributed by atoms with Crippen molar-refractivity contribution in [2.45, 2.75) is 6.92 Å². The molecule has 0 spiro atoms. The number of aromatic hydroxyl groups is 1. The quantitative estimate of drug-likeness (QED) is 0.779. The maximum atomic E-state index is 13.9. The van der Waals surface area contributed by atoms with Crippen LogP contribution in [0.4, 0.5) is 10.2 Å². The molecular formula is C16H13FN4O2. The number of para-hydroxylation sites is 1. The zero-order chi connectivity index (χ0) is 16.4. The molecule has 0 saturated heterocycles. The molecule has 1 aromatic carbocycles. The number of hydrogen-bond acceptors (Lipinski definition) is 4. The van der Waals surface area contributed by atoms with Crippen LogP contribution in [0.1, 0.15) is 16.1 Å². The standard InChI is InChI=1S/C16H13FN4O2/c1-10-11(16(23)20-15-14(22)7-4-8-18-15)9-19-21(10)13-6-3-2-5-12(13)17/h2-9,22H,1H3,(H,18,20,23). The number of benzene rings is 1. The Kier molecular flexibility index (Phi) is 3.76. The summed E-state index contributed by atoms with van der Waals surface area (Å²) in [6.07, 6.45) is 2.79. The average Bonchev–Trinajstić information content (AvgIpc) is 2.92. The van der Waals surface area contributed by atoms with Crippen molar-refractivity contribution in [3.8, 4) is 11.4 Å². The van der Waals surface area contributed by atoms with Gasteiger partial charge in [-0.25, -0.2) is 14.1 Å². The topological polar surface area (TPSA) is 80.0 Å². The molecule has 0 bridgehead atoms. The van der Waals surface area contributed by atoms with Gasteiger partial charge in [0.15, 0.2) is 11.6 Å². The summed E-state index contributed by atoms with van der Waals surface area (Å²) in [7, 11) is 0. The average molecular weight is 312 g/mol. The van der Waals surface area contributed by atoms with Gasteiger partial charge in [0.25, 0.3) is 5.91 Å². The summed E-state index contributed by atoms with van der Waals surface area (Å²) in [5, 5.41) is 16.2.